The molecule has 1 aromatic heterocycles. The average Bonchev–Trinajstić information content (AvgIpc) is 3.15. The van der Waals surface area contributed by atoms with Crippen LogP contribution in [0.25, 0.3) is 11.3 Å². The molecule has 0 aliphatic heterocycles. The Bertz CT molecular complexity index is 1150. The predicted octanol–water partition coefficient (Wildman–Crippen LogP) is 1.58. The van der Waals surface area contributed by atoms with Crippen LogP contribution in [0.3, 0.4) is 0 Å². The molecule has 0 fully saturated rings. The average molecular weight is 463 g/mol. The zero-order chi connectivity index (χ0) is 21.9. The molecule has 11 heteroatoms. The number of benzene rings is 2. The number of hydrogen-bond acceptors (Lipinski definition) is 5. The van der Waals surface area contributed by atoms with Crippen molar-refractivity contribution < 1.29 is 66.8 Å². The summed E-state index contributed by atoms with van der Waals surface area (Å²) in [5.74, 6) is -1.25. The Balaban J connectivity index is 0.00000256. The molecule has 0 bridgehead atoms. The van der Waals surface area contributed by atoms with Crippen LogP contribution in [0.15, 0.2) is 71.8 Å². The number of hydrogen-bond donors (Lipinski definition) is 0. The predicted molar refractivity (Wildman–Crippen MR) is 103 cm³/mol. The van der Waals surface area contributed by atoms with Crippen molar-refractivity contribution in [3.05, 3.63) is 72.4 Å². The van der Waals surface area contributed by atoms with Crippen LogP contribution in [-0.4, -0.2) is 31.3 Å². The molecule has 160 valence electrons. The van der Waals surface area contributed by atoms with Gasteiger partial charge in [-0.2, -0.15) is 0 Å². The van der Waals surface area contributed by atoms with Crippen molar-refractivity contribution in [2.24, 2.45) is 0 Å². The van der Waals surface area contributed by atoms with E-state index in [0.717, 1.165) is 34.4 Å². The van der Waals surface area contributed by atoms with Gasteiger partial charge in [-0.25, -0.2) is 17.2 Å². The summed E-state index contributed by atoms with van der Waals surface area (Å²) in [5, 5.41) is 0. The van der Waals surface area contributed by atoms with Crippen LogP contribution in [0.5, 0.6) is 5.75 Å². The summed E-state index contributed by atoms with van der Waals surface area (Å²) in [4.78, 5) is 11.9. The monoisotopic (exact) mass is 463 g/mol. The molecule has 0 aliphatic rings. The van der Waals surface area contributed by atoms with Gasteiger partial charge in [0.05, 0.1) is 22.8 Å². The van der Waals surface area contributed by atoms with Gasteiger partial charge < -0.3 is 10.9 Å². The second kappa shape index (κ2) is 9.90. The third-order valence-corrected chi connectivity index (χ3v) is 5.67. The summed E-state index contributed by atoms with van der Waals surface area (Å²) in [6.07, 6.45) is -3.77. The van der Waals surface area contributed by atoms with Gasteiger partial charge in [-0.15, -0.1) is 13.2 Å². The molecule has 0 N–H and O–H groups in total. The minimum absolute atomic E-state index is 0. The van der Waals surface area contributed by atoms with Gasteiger partial charge in [0.15, 0.2) is 0 Å². The standard InChI is InChI=1S/C20H16F3NO5S.Na.H/c1-2-28-19(25)15-12-18(14-6-4-3-5-7-14)24(13-15)30(26,27)17-10-8-16(9-11-17)29-20(21,22)23;;/h3-13H,2H2,1H3;;/q;+1;-1. The van der Waals surface area contributed by atoms with Gasteiger partial charge in [0.25, 0.3) is 10.0 Å². The van der Waals surface area contributed by atoms with E-state index in [1.807, 2.05) is 0 Å². The quantitative estimate of drug-likeness (QED) is 0.410. The summed E-state index contributed by atoms with van der Waals surface area (Å²) in [6.45, 7) is 1.73. The first-order valence-corrected chi connectivity index (χ1v) is 10.1. The number of carbonyl (C=O) groups is 1. The van der Waals surface area contributed by atoms with Gasteiger partial charge in [-0.1, -0.05) is 30.3 Å². The van der Waals surface area contributed by atoms with Crippen molar-refractivity contribution in [3.8, 4) is 17.0 Å². The normalized spacial score (nSPS) is 11.5. The topological polar surface area (TPSA) is 74.6 Å². The number of carbonyl (C=O) groups excluding carboxylic acids is 1. The first-order chi connectivity index (χ1) is 14.1. The van der Waals surface area contributed by atoms with Crippen LogP contribution in [0.1, 0.15) is 18.7 Å². The second-order valence-corrected chi connectivity index (χ2v) is 7.84. The van der Waals surface area contributed by atoms with Gasteiger partial charge in [-0.3, -0.25) is 0 Å². The molecule has 0 unspecified atom stereocenters. The van der Waals surface area contributed by atoms with Crippen molar-refractivity contribution in [2.75, 3.05) is 6.61 Å². The van der Waals surface area contributed by atoms with Crippen molar-refractivity contribution in [2.45, 2.75) is 18.2 Å². The Kier molecular flexibility index (Phi) is 7.98. The minimum atomic E-state index is -4.89. The molecule has 0 amide bonds. The number of alkyl halides is 3. The molecule has 3 rings (SSSR count). The molecule has 3 aromatic rings. The van der Waals surface area contributed by atoms with Gasteiger partial charge in [0.2, 0.25) is 0 Å². The second-order valence-electron chi connectivity index (χ2n) is 6.02. The van der Waals surface area contributed by atoms with Crippen LogP contribution < -0.4 is 34.3 Å². The van der Waals surface area contributed by atoms with E-state index in [4.69, 9.17) is 4.74 Å². The first kappa shape index (κ1) is 25.0. The molecule has 2 aromatic carbocycles. The van der Waals surface area contributed by atoms with E-state index < -0.39 is 28.1 Å². The smallest absolute Gasteiger partial charge is 1.00 e. The van der Waals surface area contributed by atoms with Crippen molar-refractivity contribution in [1.29, 1.82) is 0 Å². The minimum Gasteiger partial charge on any atom is -1.00 e. The molecule has 0 saturated carbocycles. The van der Waals surface area contributed by atoms with Gasteiger partial charge in [-0.05, 0) is 42.8 Å². The zero-order valence-corrected chi connectivity index (χ0v) is 19.4. The summed E-state index contributed by atoms with van der Waals surface area (Å²) in [5.41, 5.74) is 0.749. The van der Waals surface area contributed by atoms with Crippen LogP contribution in [0.2, 0.25) is 0 Å². The summed E-state index contributed by atoms with van der Waals surface area (Å²) >= 11 is 0. The van der Waals surface area contributed by atoms with Gasteiger partial charge in [0, 0.05) is 6.20 Å². The summed E-state index contributed by atoms with van der Waals surface area (Å²) in [6, 6.07) is 13.6. The van der Waals surface area contributed by atoms with Gasteiger partial charge in [0.1, 0.15) is 5.75 Å². The maximum atomic E-state index is 13.2. The third-order valence-electron chi connectivity index (χ3n) is 3.98. The molecule has 6 nitrogen and oxygen atoms in total. The SMILES string of the molecule is CCOC(=O)c1cc(-c2ccccc2)n(S(=O)(=O)c2ccc(OC(F)(F)F)cc2)c1.[H-].[Na+]. The fraction of sp³-hybridized carbons (Fsp3) is 0.150. The van der Waals surface area contributed by atoms with Crippen LogP contribution in [-0.2, 0) is 14.8 Å². The molecule has 0 radical (unpaired) electrons. The zero-order valence-electron chi connectivity index (χ0n) is 17.6. The molecule has 0 aliphatic carbocycles. The largest absolute Gasteiger partial charge is 1.00 e. The van der Waals surface area contributed by atoms with E-state index in [2.05, 4.69) is 4.74 Å². The Morgan fingerprint density at radius 1 is 1.06 bits per heavy atom. The molecule has 0 atom stereocenters. The number of esters is 1. The first-order valence-electron chi connectivity index (χ1n) is 8.68. The van der Waals surface area contributed by atoms with Crippen molar-refractivity contribution in [3.63, 3.8) is 0 Å². The number of ether oxygens (including phenoxy) is 2. The fourth-order valence-corrected chi connectivity index (χ4v) is 4.09. The Labute approximate surface area is 200 Å². The number of nitrogens with zero attached hydrogens (tertiary/aromatic N) is 1. The maximum absolute atomic E-state index is 13.2. The number of rotatable bonds is 6. The van der Waals surface area contributed by atoms with E-state index in [0.29, 0.717) is 5.56 Å². The van der Waals surface area contributed by atoms with Gasteiger partial charge >= 0.3 is 41.9 Å². The van der Waals surface area contributed by atoms with Crippen LogP contribution >= 0.6 is 0 Å². The molecule has 31 heavy (non-hydrogen) atoms. The van der Waals surface area contributed by atoms with Crippen molar-refractivity contribution in [1.82, 2.24) is 3.97 Å². The summed E-state index contributed by atoms with van der Waals surface area (Å²) in [7, 11) is -4.23. The fourth-order valence-electron chi connectivity index (χ4n) is 2.72. The van der Waals surface area contributed by atoms with E-state index in [9.17, 15) is 26.4 Å². The molecule has 0 saturated heterocycles. The Morgan fingerprint density at radius 2 is 1.68 bits per heavy atom. The number of aromatic nitrogens is 1. The third kappa shape index (κ3) is 5.91. The van der Waals surface area contributed by atoms with E-state index >= 15 is 0 Å². The maximum Gasteiger partial charge on any atom is 1.00 e. The Morgan fingerprint density at radius 3 is 2.23 bits per heavy atom. The number of halogens is 3. The molecule has 1 heterocycles. The van der Waals surface area contributed by atoms with E-state index in [1.165, 1.54) is 6.07 Å². The molecule has 0 spiro atoms. The van der Waals surface area contributed by atoms with E-state index in [-0.39, 0.29) is 53.7 Å². The van der Waals surface area contributed by atoms with Crippen molar-refractivity contribution >= 4 is 16.0 Å². The van der Waals surface area contributed by atoms with E-state index in [1.54, 1.807) is 37.3 Å². The van der Waals surface area contributed by atoms with Crippen LogP contribution in [0, 0.1) is 0 Å². The molecular weight excluding hydrogens is 446 g/mol. The summed E-state index contributed by atoms with van der Waals surface area (Å²) < 4.78 is 72.9. The van der Waals surface area contributed by atoms with Crippen LogP contribution in [0.4, 0.5) is 13.2 Å². The molecular formula is C20H17F3NNaO5S. The Hall–Kier alpha value is -2.27.